The number of thioether (sulfide) groups is 1. The molecular formula is C10H21NO2S. The Balaban J connectivity index is 0. The predicted octanol–water partition coefficient (Wildman–Crippen LogP) is 2.12. The summed E-state index contributed by atoms with van der Waals surface area (Å²) in [5.41, 5.74) is 6.41. The van der Waals surface area contributed by atoms with Crippen molar-refractivity contribution in [1.29, 1.82) is 0 Å². The molecule has 1 atom stereocenters. The molecule has 0 aromatic heterocycles. The van der Waals surface area contributed by atoms with Crippen LogP contribution in [0.15, 0.2) is 12.2 Å². The maximum atomic E-state index is 10.2. The van der Waals surface area contributed by atoms with Crippen molar-refractivity contribution in [2.75, 3.05) is 11.5 Å². The van der Waals surface area contributed by atoms with E-state index < -0.39 is 12.0 Å². The Bertz CT molecular complexity index is 168. The number of carboxylic acid groups (broad SMARTS) is 1. The summed E-state index contributed by atoms with van der Waals surface area (Å²) in [7, 11) is 0. The highest BCUT2D eigenvalue weighted by Crippen LogP contribution is 2.02. The van der Waals surface area contributed by atoms with E-state index in [9.17, 15) is 4.79 Å². The summed E-state index contributed by atoms with van der Waals surface area (Å²) in [6.07, 6.45) is 0.563. The lowest BCUT2D eigenvalue weighted by Crippen LogP contribution is -2.30. The van der Waals surface area contributed by atoms with Crippen molar-refractivity contribution in [2.45, 2.75) is 33.2 Å². The summed E-state index contributed by atoms with van der Waals surface area (Å²) in [5.74, 6) is 0.952. The predicted molar refractivity (Wildman–Crippen MR) is 63.7 cm³/mol. The van der Waals surface area contributed by atoms with E-state index in [1.165, 1.54) is 5.57 Å². The molecule has 3 N–H and O–H groups in total. The normalized spacial score (nSPS) is 11.1. The van der Waals surface area contributed by atoms with Crippen molar-refractivity contribution < 1.29 is 9.90 Å². The van der Waals surface area contributed by atoms with E-state index in [4.69, 9.17) is 10.8 Å². The van der Waals surface area contributed by atoms with Gasteiger partial charge in [-0.25, -0.2) is 0 Å². The molecule has 3 nitrogen and oxygen atoms in total. The highest BCUT2D eigenvalue weighted by Gasteiger charge is 2.09. The first kappa shape index (κ1) is 16.0. The monoisotopic (exact) mass is 219 g/mol. The molecule has 0 saturated heterocycles. The van der Waals surface area contributed by atoms with Crippen LogP contribution < -0.4 is 5.73 Å². The van der Waals surface area contributed by atoms with Gasteiger partial charge in [-0.05, 0) is 31.8 Å². The van der Waals surface area contributed by atoms with Crippen LogP contribution in [0.2, 0.25) is 0 Å². The van der Waals surface area contributed by atoms with Gasteiger partial charge in [0, 0.05) is 0 Å². The van der Waals surface area contributed by atoms with Gasteiger partial charge in [-0.2, -0.15) is 11.8 Å². The van der Waals surface area contributed by atoms with Gasteiger partial charge in [-0.3, -0.25) is 4.79 Å². The van der Waals surface area contributed by atoms with Crippen molar-refractivity contribution in [1.82, 2.24) is 0 Å². The molecule has 0 aliphatic heterocycles. The van der Waals surface area contributed by atoms with Crippen LogP contribution in [0.5, 0.6) is 0 Å². The minimum atomic E-state index is -0.906. The molecule has 4 heteroatoms. The number of carboxylic acids is 1. The van der Waals surface area contributed by atoms with Crippen molar-refractivity contribution in [2.24, 2.45) is 5.73 Å². The summed E-state index contributed by atoms with van der Waals surface area (Å²) in [6.45, 7) is 9.54. The van der Waals surface area contributed by atoms with Crippen molar-refractivity contribution in [3.05, 3.63) is 12.2 Å². The van der Waals surface area contributed by atoms with E-state index in [2.05, 4.69) is 6.58 Å². The second-order valence-corrected chi connectivity index (χ2v) is 4.53. The van der Waals surface area contributed by atoms with Crippen LogP contribution in [0, 0.1) is 0 Å². The molecule has 0 saturated carbocycles. The standard InChI is InChI=1S/C6H13NO2S.C4H8/c1-2-10-4-3-5(7)6(8)9;1-4(2)3/h5H,2-4,7H2,1H3,(H,8,9);1H2,2-3H3/t5-;/m0./s1. The summed E-state index contributed by atoms with van der Waals surface area (Å²) < 4.78 is 0. The van der Waals surface area contributed by atoms with Crippen molar-refractivity contribution in [3.8, 4) is 0 Å². The minimum absolute atomic E-state index is 0.563. The van der Waals surface area contributed by atoms with Gasteiger partial charge in [0.2, 0.25) is 0 Å². The van der Waals surface area contributed by atoms with Crippen LogP contribution in [-0.2, 0) is 4.79 Å². The zero-order valence-corrected chi connectivity index (χ0v) is 10.1. The Hall–Kier alpha value is -0.480. The van der Waals surface area contributed by atoms with Gasteiger partial charge in [0.1, 0.15) is 6.04 Å². The van der Waals surface area contributed by atoms with Gasteiger partial charge >= 0.3 is 5.97 Å². The van der Waals surface area contributed by atoms with E-state index in [1.807, 2.05) is 20.8 Å². The lowest BCUT2D eigenvalue weighted by molar-refractivity contribution is -0.138. The van der Waals surface area contributed by atoms with Gasteiger partial charge in [0.25, 0.3) is 0 Å². The molecular weight excluding hydrogens is 198 g/mol. The van der Waals surface area contributed by atoms with Crippen LogP contribution in [0.4, 0.5) is 0 Å². The quantitative estimate of drug-likeness (QED) is 0.549. The smallest absolute Gasteiger partial charge is 0.320 e. The molecule has 0 aromatic carbocycles. The number of hydrogen-bond donors (Lipinski definition) is 2. The van der Waals surface area contributed by atoms with Crippen LogP contribution in [0.25, 0.3) is 0 Å². The highest BCUT2D eigenvalue weighted by atomic mass is 32.2. The van der Waals surface area contributed by atoms with E-state index in [-0.39, 0.29) is 0 Å². The molecule has 0 aliphatic rings. The molecule has 0 radical (unpaired) electrons. The average Bonchev–Trinajstić information content (AvgIpc) is 2.03. The Morgan fingerprint density at radius 1 is 1.57 bits per heavy atom. The van der Waals surface area contributed by atoms with Gasteiger partial charge in [0.15, 0.2) is 0 Å². The Morgan fingerprint density at radius 2 is 2.00 bits per heavy atom. The SMILES string of the molecule is C=C(C)C.CCSCC[C@H](N)C(=O)O. The maximum absolute atomic E-state index is 10.2. The second kappa shape index (κ2) is 10.6. The molecule has 0 heterocycles. The number of aliphatic carboxylic acids is 1. The topological polar surface area (TPSA) is 63.3 Å². The van der Waals surface area contributed by atoms with Crippen molar-refractivity contribution >= 4 is 17.7 Å². The first-order valence-corrected chi connectivity index (χ1v) is 5.75. The first-order chi connectivity index (χ1) is 6.41. The Kier molecular flexibility index (Phi) is 12.1. The molecule has 0 aliphatic carbocycles. The minimum Gasteiger partial charge on any atom is -0.480 e. The van der Waals surface area contributed by atoms with E-state index in [1.54, 1.807) is 11.8 Å². The largest absolute Gasteiger partial charge is 0.480 e. The fourth-order valence-electron chi connectivity index (χ4n) is 0.478. The van der Waals surface area contributed by atoms with Gasteiger partial charge in [0.05, 0.1) is 0 Å². The second-order valence-electron chi connectivity index (χ2n) is 3.14. The van der Waals surface area contributed by atoms with Gasteiger partial charge in [-0.15, -0.1) is 6.58 Å². The van der Waals surface area contributed by atoms with E-state index in [0.717, 1.165) is 11.5 Å². The lowest BCUT2D eigenvalue weighted by Gasteiger charge is -2.03. The number of hydrogen-bond acceptors (Lipinski definition) is 3. The first-order valence-electron chi connectivity index (χ1n) is 4.60. The van der Waals surface area contributed by atoms with Crippen LogP contribution in [0.3, 0.4) is 0 Å². The third-order valence-corrected chi connectivity index (χ3v) is 2.03. The summed E-state index contributed by atoms with van der Waals surface area (Å²) in [5, 5.41) is 8.35. The van der Waals surface area contributed by atoms with Crippen LogP contribution >= 0.6 is 11.8 Å². The molecule has 0 fully saturated rings. The number of allylic oxidation sites excluding steroid dienone is 1. The molecule has 0 unspecified atom stereocenters. The average molecular weight is 219 g/mol. The number of nitrogens with two attached hydrogens (primary N) is 1. The van der Waals surface area contributed by atoms with E-state index in [0.29, 0.717) is 6.42 Å². The molecule has 0 bridgehead atoms. The Morgan fingerprint density at radius 3 is 2.29 bits per heavy atom. The summed E-state index contributed by atoms with van der Waals surface area (Å²) in [4.78, 5) is 10.2. The zero-order valence-electron chi connectivity index (χ0n) is 9.25. The van der Waals surface area contributed by atoms with E-state index >= 15 is 0 Å². The molecule has 0 rings (SSSR count). The van der Waals surface area contributed by atoms with Crippen LogP contribution in [0.1, 0.15) is 27.2 Å². The number of carbonyl (C=O) groups is 1. The maximum Gasteiger partial charge on any atom is 0.320 e. The highest BCUT2D eigenvalue weighted by molar-refractivity contribution is 7.99. The third-order valence-electron chi connectivity index (χ3n) is 1.09. The number of rotatable bonds is 5. The Labute approximate surface area is 90.8 Å². The third kappa shape index (κ3) is 17.6. The zero-order chi connectivity index (χ0) is 11.6. The van der Waals surface area contributed by atoms with Crippen LogP contribution in [-0.4, -0.2) is 28.6 Å². The molecule has 0 amide bonds. The summed E-state index contributed by atoms with van der Waals surface area (Å²) in [6, 6.07) is -0.681. The van der Waals surface area contributed by atoms with Gasteiger partial charge < -0.3 is 10.8 Å². The lowest BCUT2D eigenvalue weighted by atomic mass is 10.2. The molecule has 14 heavy (non-hydrogen) atoms. The van der Waals surface area contributed by atoms with Crippen molar-refractivity contribution in [3.63, 3.8) is 0 Å². The summed E-state index contributed by atoms with van der Waals surface area (Å²) >= 11 is 1.71. The molecule has 0 spiro atoms. The molecule has 84 valence electrons. The van der Waals surface area contributed by atoms with Gasteiger partial charge in [-0.1, -0.05) is 12.5 Å². The fourth-order valence-corrected chi connectivity index (χ4v) is 1.19. The fraction of sp³-hybridized carbons (Fsp3) is 0.700. The molecule has 0 aromatic rings.